The van der Waals surface area contributed by atoms with Crippen molar-refractivity contribution in [2.45, 2.75) is 64.9 Å². The predicted molar refractivity (Wildman–Crippen MR) is 85.6 cm³/mol. The third-order valence-corrected chi connectivity index (χ3v) is 5.28. The summed E-state index contributed by atoms with van der Waals surface area (Å²) in [4.78, 5) is 0. The number of nitrogens with zero attached hydrogens (tertiary/aromatic N) is 2. The summed E-state index contributed by atoms with van der Waals surface area (Å²) in [5, 5.41) is 7.97. The number of rotatable bonds is 4. The topological polar surface area (TPSA) is 48.3 Å². The van der Waals surface area contributed by atoms with Crippen LogP contribution in [0.4, 0.5) is 0 Å². The van der Waals surface area contributed by atoms with E-state index in [0.717, 1.165) is 37.5 Å². The fourth-order valence-corrected chi connectivity index (χ4v) is 3.61. The molecule has 5 nitrogen and oxygen atoms in total. The van der Waals surface area contributed by atoms with Crippen molar-refractivity contribution in [2.24, 2.45) is 13.0 Å². The van der Waals surface area contributed by atoms with Crippen molar-refractivity contribution in [3.63, 3.8) is 0 Å². The molecule has 2 fully saturated rings. The lowest BCUT2D eigenvalue weighted by molar-refractivity contribution is -0.191. The number of hydrogen-bond acceptors (Lipinski definition) is 4. The molecule has 5 heteroatoms. The second-order valence-electron chi connectivity index (χ2n) is 7.05. The summed E-state index contributed by atoms with van der Waals surface area (Å²) in [5.41, 5.74) is 3.63. The molecular formula is C17H29N3O2. The van der Waals surface area contributed by atoms with Crippen LogP contribution in [0.1, 0.15) is 49.6 Å². The Morgan fingerprint density at radius 2 is 2.05 bits per heavy atom. The molecule has 0 amide bonds. The van der Waals surface area contributed by atoms with Gasteiger partial charge in [0.05, 0.1) is 18.4 Å². The third kappa shape index (κ3) is 3.21. The van der Waals surface area contributed by atoms with Gasteiger partial charge in [-0.05, 0) is 32.6 Å². The standard InChI is InChI=1S/C17H29N3O2/c1-12-5-7-17(8-6-12)21-11-15(22-17)9-18-10-16-13(2)19-20(4)14(16)3/h12,15,18H,5-11H2,1-4H3/t12?,15-,17?/m1/s1. The largest absolute Gasteiger partial charge is 0.347 e. The van der Waals surface area contributed by atoms with Crippen molar-refractivity contribution in [3.8, 4) is 0 Å². The Kier molecular flexibility index (Phi) is 4.57. The molecule has 1 aliphatic carbocycles. The van der Waals surface area contributed by atoms with Gasteiger partial charge < -0.3 is 14.8 Å². The van der Waals surface area contributed by atoms with E-state index in [2.05, 4.69) is 31.2 Å². The van der Waals surface area contributed by atoms with Crippen molar-refractivity contribution in [1.82, 2.24) is 15.1 Å². The van der Waals surface area contributed by atoms with Crippen molar-refractivity contribution < 1.29 is 9.47 Å². The number of nitrogens with one attached hydrogen (secondary N) is 1. The SMILES string of the molecule is Cc1nn(C)c(C)c1CNC[C@@H]1COC2(CCC(C)CC2)O1. The molecule has 1 saturated carbocycles. The second-order valence-corrected chi connectivity index (χ2v) is 7.05. The zero-order valence-corrected chi connectivity index (χ0v) is 14.3. The van der Waals surface area contributed by atoms with Gasteiger partial charge in [0.2, 0.25) is 0 Å². The van der Waals surface area contributed by atoms with Gasteiger partial charge in [0.25, 0.3) is 0 Å². The molecule has 0 aromatic carbocycles. The first-order valence-corrected chi connectivity index (χ1v) is 8.51. The Labute approximate surface area is 133 Å². The van der Waals surface area contributed by atoms with Gasteiger partial charge in [-0.25, -0.2) is 0 Å². The first-order valence-electron chi connectivity index (χ1n) is 8.51. The Bertz CT molecular complexity index is 518. The summed E-state index contributed by atoms with van der Waals surface area (Å²) in [5.74, 6) is 0.533. The molecule has 0 radical (unpaired) electrons. The van der Waals surface area contributed by atoms with Crippen LogP contribution in [0.25, 0.3) is 0 Å². The molecule has 1 aromatic rings. The number of hydrogen-bond donors (Lipinski definition) is 1. The number of ether oxygens (including phenoxy) is 2. The highest BCUT2D eigenvalue weighted by atomic mass is 16.7. The lowest BCUT2D eigenvalue weighted by atomic mass is 9.86. The van der Waals surface area contributed by atoms with E-state index in [1.807, 2.05) is 11.7 Å². The molecule has 124 valence electrons. The Morgan fingerprint density at radius 1 is 1.32 bits per heavy atom. The van der Waals surface area contributed by atoms with Crippen LogP contribution in [-0.2, 0) is 23.1 Å². The van der Waals surface area contributed by atoms with Gasteiger partial charge in [0, 0.05) is 44.2 Å². The normalized spacial score (nSPS) is 32.0. The summed E-state index contributed by atoms with van der Waals surface area (Å²) in [6, 6.07) is 0. The Morgan fingerprint density at radius 3 is 2.68 bits per heavy atom. The second kappa shape index (κ2) is 6.30. The highest BCUT2D eigenvalue weighted by Gasteiger charge is 2.43. The van der Waals surface area contributed by atoms with Crippen LogP contribution in [0.15, 0.2) is 0 Å². The van der Waals surface area contributed by atoms with Gasteiger partial charge in [0.15, 0.2) is 5.79 Å². The van der Waals surface area contributed by atoms with Crippen LogP contribution in [0.3, 0.4) is 0 Å². The summed E-state index contributed by atoms with van der Waals surface area (Å²) in [6.45, 7) is 8.90. The van der Waals surface area contributed by atoms with E-state index in [1.54, 1.807) is 0 Å². The lowest BCUT2D eigenvalue weighted by Gasteiger charge is -2.34. The summed E-state index contributed by atoms with van der Waals surface area (Å²) in [6.07, 6.45) is 4.70. The third-order valence-electron chi connectivity index (χ3n) is 5.28. The molecule has 0 unspecified atom stereocenters. The van der Waals surface area contributed by atoms with Crippen molar-refractivity contribution in [1.29, 1.82) is 0 Å². The van der Waals surface area contributed by atoms with Crippen LogP contribution in [0, 0.1) is 19.8 Å². The number of aryl methyl sites for hydroxylation is 2. The lowest BCUT2D eigenvalue weighted by Crippen LogP contribution is -2.37. The molecule has 2 heterocycles. The quantitative estimate of drug-likeness (QED) is 0.928. The monoisotopic (exact) mass is 307 g/mol. The molecule has 0 bridgehead atoms. The maximum absolute atomic E-state index is 6.24. The molecule has 1 aliphatic heterocycles. The average molecular weight is 307 g/mol. The van der Waals surface area contributed by atoms with Crippen molar-refractivity contribution >= 4 is 0 Å². The maximum Gasteiger partial charge on any atom is 0.168 e. The minimum atomic E-state index is -0.279. The molecule has 22 heavy (non-hydrogen) atoms. The molecule has 1 atom stereocenters. The summed E-state index contributed by atoms with van der Waals surface area (Å²) >= 11 is 0. The highest BCUT2D eigenvalue weighted by molar-refractivity contribution is 5.23. The molecule has 2 aliphatic rings. The molecule has 3 rings (SSSR count). The molecular weight excluding hydrogens is 278 g/mol. The molecule has 1 aromatic heterocycles. The van der Waals surface area contributed by atoms with Gasteiger partial charge in [-0.3, -0.25) is 4.68 Å². The van der Waals surface area contributed by atoms with Crippen LogP contribution >= 0.6 is 0 Å². The van der Waals surface area contributed by atoms with Crippen molar-refractivity contribution in [2.75, 3.05) is 13.2 Å². The fraction of sp³-hybridized carbons (Fsp3) is 0.824. The predicted octanol–water partition coefficient (Wildman–Crippen LogP) is 2.45. The minimum absolute atomic E-state index is 0.172. The van der Waals surface area contributed by atoms with Gasteiger partial charge >= 0.3 is 0 Å². The van der Waals surface area contributed by atoms with Crippen LogP contribution in [0.2, 0.25) is 0 Å². The first-order chi connectivity index (χ1) is 10.5. The molecule has 1 saturated heterocycles. The van der Waals surface area contributed by atoms with Gasteiger partial charge in [-0.1, -0.05) is 6.92 Å². The summed E-state index contributed by atoms with van der Waals surface area (Å²) in [7, 11) is 1.99. The van der Waals surface area contributed by atoms with E-state index in [-0.39, 0.29) is 11.9 Å². The van der Waals surface area contributed by atoms with Crippen LogP contribution < -0.4 is 5.32 Å². The van der Waals surface area contributed by atoms with E-state index in [1.165, 1.54) is 24.1 Å². The van der Waals surface area contributed by atoms with Crippen LogP contribution in [0.5, 0.6) is 0 Å². The zero-order valence-electron chi connectivity index (χ0n) is 14.3. The Balaban J connectivity index is 1.47. The van der Waals surface area contributed by atoms with E-state index in [0.29, 0.717) is 6.61 Å². The minimum Gasteiger partial charge on any atom is -0.347 e. The number of aromatic nitrogens is 2. The van der Waals surface area contributed by atoms with E-state index in [9.17, 15) is 0 Å². The highest BCUT2D eigenvalue weighted by Crippen LogP contribution is 2.39. The van der Waals surface area contributed by atoms with E-state index in [4.69, 9.17) is 9.47 Å². The smallest absolute Gasteiger partial charge is 0.168 e. The maximum atomic E-state index is 6.24. The summed E-state index contributed by atoms with van der Waals surface area (Å²) < 4.78 is 14.2. The molecule has 1 N–H and O–H groups in total. The molecule has 1 spiro atoms. The van der Waals surface area contributed by atoms with Gasteiger partial charge in [0.1, 0.15) is 0 Å². The van der Waals surface area contributed by atoms with E-state index >= 15 is 0 Å². The average Bonchev–Trinajstić information content (AvgIpc) is 2.99. The Hall–Kier alpha value is -0.910. The van der Waals surface area contributed by atoms with Crippen LogP contribution in [-0.4, -0.2) is 34.8 Å². The zero-order chi connectivity index (χ0) is 15.7. The van der Waals surface area contributed by atoms with Crippen molar-refractivity contribution in [3.05, 3.63) is 17.0 Å². The fourth-order valence-electron chi connectivity index (χ4n) is 3.61. The van der Waals surface area contributed by atoms with Gasteiger partial charge in [-0.15, -0.1) is 0 Å². The van der Waals surface area contributed by atoms with E-state index < -0.39 is 0 Å². The first kappa shape index (κ1) is 16.0. The van der Waals surface area contributed by atoms with Gasteiger partial charge in [-0.2, -0.15) is 5.10 Å².